The van der Waals surface area contributed by atoms with E-state index in [1.54, 1.807) is 0 Å². The first-order chi connectivity index (χ1) is 6.93. The van der Waals surface area contributed by atoms with E-state index in [0.717, 1.165) is 0 Å². The normalized spacial score (nSPS) is 13.0. The molecule has 6 heteroatoms. The molecule has 0 fully saturated rings. The lowest BCUT2D eigenvalue weighted by Crippen LogP contribution is -2.20. The van der Waals surface area contributed by atoms with Crippen molar-refractivity contribution in [3.63, 3.8) is 0 Å². The molecule has 1 unspecified atom stereocenters. The van der Waals surface area contributed by atoms with Crippen LogP contribution >= 0.6 is 23.6 Å². The van der Waals surface area contributed by atoms with Crippen LogP contribution < -0.4 is 0 Å². The Hall–Kier alpha value is -0.880. The average Bonchev–Trinajstić information content (AvgIpc) is 2.42. The number of aromatic hydroxyl groups is 1. The van der Waals surface area contributed by atoms with Gasteiger partial charge in [-0.1, -0.05) is 13.8 Å². The zero-order valence-corrected chi connectivity index (χ0v) is 10.1. The molecule has 0 aliphatic carbocycles. The second kappa shape index (κ2) is 4.76. The Bertz CT molecular complexity index is 408. The Morgan fingerprint density at radius 1 is 1.67 bits per heavy atom. The number of hydrogen-bond acceptors (Lipinski definition) is 4. The fourth-order valence-corrected chi connectivity index (χ4v) is 2.38. The summed E-state index contributed by atoms with van der Waals surface area (Å²) in [5.41, 5.74) is 0. The van der Waals surface area contributed by atoms with Crippen LogP contribution in [0, 0.1) is 9.87 Å². The summed E-state index contributed by atoms with van der Waals surface area (Å²) in [7, 11) is 0. The molecule has 1 rings (SSSR count). The van der Waals surface area contributed by atoms with Crippen molar-refractivity contribution < 1.29 is 15.0 Å². The maximum Gasteiger partial charge on any atom is 0.326 e. The average molecular weight is 247 g/mol. The first-order valence-electron chi connectivity index (χ1n) is 4.55. The number of carboxylic acid groups (broad SMARTS) is 1. The van der Waals surface area contributed by atoms with Gasteiger partial charge in [-0.3, -0.25) is 4.57 Å². The molecule has 0 aliphatic heterocycles. The standard InChI is InChI=1S/C9H13NO3S2/c1-5(2)3-6(8(12)13)10-7(11)4-15-9(10)14/h4-6,11H,3H2,1-2H3,(H,12,13). The lowest BCUT2D eigenvalue weighted by Gasteiger charge is -2.16. The Balaban J connectivity index is 3.10. The van der Waals surface area contributed by atoms with Crippen molar-refractivity contribution in [3.05, 3.63) is 9.33 Å². The number of aliphatic carboxylic acids is 1. The molecule has 0 aliphatic rings. The molecule has 1 atom stereocenters. The van der Waals surface area contributed by atoms with Crippen LogP contribution in [0.1, 0.15) is 26.3 Å². The number of thiazole rings is 1. The van der Waals surface area contributed by atoms with Crippen LogP contribution in [0.15, 0.2) is 5.38 Å². The van der Waals surface area contributed by atoms with Crippen LogP contribution in [0.4, 0.5) is 0 Å². The van der Waals surface area contributed by atoms with Gasteiger partial charge in [-0.15, -0.1) is 11.3 Å². The molecule has 2 N–H and O–H groups in total. The molecule has 1 heterocycles. The van der Waals surface area contributed by atoms with E-state index in [1.165, 1.54) is 21.3 Å². The van der Waals surface area contributed by atoms with Gasteiger partial charge in [0.2, 0.25) is 5.88 Å². The van der Waals surface area contributed by atoms with Gasteiger partial charge in [-0.25, -0.2) is 4.79 Å². The summed E-state index contributed by atoms with van der Waals surface area (Å²) in [5.74, 6) is -0.807. The summed E-state index contributed by atoms with van der Waals surface area (Å²) in [6, 6.07) is -0.774. The number of aromatic nitrogens is 1. The zero-order valence-electron chi connectivity index (χ0n) is 8.51. The molecule has 1 aromatic heterocycles. The van der Waals surface area contributed by atoms with E-state index in [-0.39, 0.29) is 11.8 Å². The Morgan fingerprint density at radius 2 is 2.27 bits per heavy atom. The monoisotopic (exact) mass is 247 g/mol. The fourth-order valence-electron chi connectivity index (χ4n) is 1.36. The van der Waals surface area contributed by atoms with E-state index in [1.807, 2.05) is 13.8 Å². The minimum Gasteiger partial charge on any atom is -0.494 e. The number of carbonyl (C=O) groups is 1. The topological polar surface area (TPSA) is 62.5 Å². The number of hydrogen-bond donors (Lipinski definition) is 2. The van der Waals surface area contributed by atoms with Gasteiger partial charge in [0, 0.05) is 0 Å². The number of nitrogens with zero attached hydrogens (tertiary/aromatic N) is 1. The first kappa shape index (κ1) is 12.2. The van der Waals surface area contributed by atoms with Crippen molar-refractivity contribution in [1.82, 2.24) is 4.57 Å². The van der Waals surface area contributed by atoms with Crippen molar-refractivity contribution in [2.24, 2.45) is 5.92 Å². The predicted molar refractivity (Wildman–Crippen MR) is 60.9 cm³/mol. The van der Waals surface area contributed by atoms with Crippen molar-refractivity contribution in [1.29, 1.82) is 0 Å². The zero-order chi connectivity index (χ0) is 11.6. The van der Waals surface area contributed by atoms with Gasteiger partial charge in [0.05, 0.1) is 5.38 Å². The molecular formula is C9H13NO3S2. The smallest absolute Gasteiger partial charge is 0.326 e. The van der Waals surface area contributed by atoms with Crippen LogP contribution in [0.3, 0.4) is 0 Å². The third kappa shape index (κ3) is 2.79. The largest absolute Gasteiger partial charge is 0.494 e. The van der Waals surface area contributed by atoms with Crippen LogP contribution in [0.5, 0.6) is 5.88 Å². The van der Waals surface area contributed by atoms with Gasteiger partial charge in [-0.2, -0.15) is 0 Å². The molecule has 0 amide bonds. The van der Waals surface area contributed by atoms with Crippen molar-refractivity contribution in [2.45, 2.75) is 26.3 Å². The summed E-state index contributed by atoms with van der Waals surface area (Å²) >= 11 is 6.15. The lowest BCUT2D eigenvalue weighted by atomic mass is 10.0. The summed E-state index contributed by atoms with van der Waals surface area (Å²) in [5, 5.41) is 20.0. The number of carboxylic acids is 1. The summed E-state index contributed by atoms with van der Waals surface area (Å²) < 4.78 is 1.68. The minimum absolute atomic E-state index is 0.0712. The predicted octanol–water partition coefficient (Wildman–Crippen LogP) is 2.66. The van der Waals surface area contributed by atoms with E-state index in [0.29, 0.717) is 10.4 Å². The van der Waals surface area contributed by atoms with Crippen LogP contribution in [0.2, 0.25) is 0 Å². The van der Waals surface area contributed by atoms with Gasteiger partial charge in [-0.05, 0) is 24.6 Å². The number of rotatable bonds is 4. The molecule has 0 saturated heterocycles. The maximum atomic E-state index is 11.1. The third-order valence-electron chi connectivity index (χ3n) is 2.00. The van der Waals surface area contributed by atoms with E-state index >= 15 is 0 Å². The SMILES string of the molecule is CC(C)CC(C(=O)O)n1c(O)csc1=S. The molecule has 0 bridgehead atoms. The molecule has 15 heavy (non-hydrogen) atoms. The van der Waals surface area contributed by atoms with Gasteiger partial charge >= 0.3 is 5.97 Å². The van der Waals surface area contributed by atoms with Gasteiger partial charge in [0.1, 0.15) is 6.04 Å². The van der Waals surface area contributed by atoms with E-state index in [9.17, 15) is 9.90 Å². The Labute approximate surface area is 96.8 Å². The lowest BCUT2D eigenvalue weighted by molar-refractivity contribution is -0.141. The fraction of sp³-hybridized carbons (Fsp3) is 0.556. The van der Waals surface area contributed by atoms with E-state index in [2.05, 4.69) is 0 Å². The van der Waals surface area contributed by atoms with E-state index < -0.39 is 12.0 Å². The highest BCUT2D eigenvalue weighted by atomic mass is 32.1. The van der Waals surface area contributed by atoms with Crippen molar-refractivity contribution in [3.8, 4) is 5.88 Å². The maximum absolute atomic E-state index is 11.1. The van der Waals surface area contributed by atoms with Gasteiger partial charge in [0.25, 0.3) is 0 Å². The molecular weight excluding hydrogens is 234 g/mol. The molecule has 1 aromatic rings. The first-order valence-corrected chi connectivity index (χ1v) is 5.84. The molecule has 84 valence electrons. The molecule has 0 radical (unpaired) electrons. The van der Waals surface area contributed by atoms with Crippen LogP contribution in [-0.2, 0) is 4.79 Å². The highest BCUT2D eigenvalue weighted by molar-refractivity contribution is 7.73. The Kier molecular flexibility index (Phi) is 3.87. The molecule has 0 aromatic carbocycles. The van der Waals surface area contributed by atoms with Crippen LogP contribution in [-0.4, -0.2) is 20.7 Å². The highest BCUT2D eigenvalue weighted by Crippen LogP contribution is 2.27. The van der Waals surface area contributed by atoms with Gasteiger partial charge < -0.3 is 10.2 Å². The summed E-state index contributed by atoms with van der Waals surface area (Å²) in [6.07, 6.45) is 0.452. The van der Waals surface area contributed by atoms with Crippen LogP contribution in [0.25, 0.3) is 0 Å². The van der Waals surface area contributed by atoms with Gasteiger partial charge in [0.15, 0.2) is 3.95 Å². The second-order valence-corrected chi connectivity index (χ2v) is 5.22. The second-order valence-electron chi connectivity index (χ2n) is 3.71. The Morgan fingerprint density at radius 3 is 2.60 bits per heavy atom. The molecule has 0 saturated carbocycles. The summed E-state index contributed by atoms with van der Waals surface area (Å²) in [4.78, 5) is 11.1. The molecule has 4 nitrogen and oxygen atoms in total. The minimum atomic E-state index is -0.964. The summed E-state index contributed by atoms with van der Waals surface area (Å²) in [6.45, 7) is 3.87. The van der Waals surface area contributed by atoms with Crippen molar-refractivity contribution in [2.75, 3.05) is 0 Å². The van der Waals surface area contributed by atoms with Crippen molar-refractivity contribution >= 4 is 29.5 Å². The van der Waals surface area contributed by atoms with E-state index in [4.69, 9.17) is 17.3 Å². The molecule has 0 spiro atoms. The highest BCUT2D eigenvalue weighted by Gasteiger charge is 2.23. The third-order valence-corrected chi connectivity index (χ3v) is 3.21. The quantitative estimate of drug-likeness (QED) is 0.803.